The molecule has 5 aliphatic rings. The molecule has 0 aromatic carbocycles. The van der Waals surface area contributed by atoms with Crippen molar-refractivity contribution in [2.75, 3.05) is 6.61 Å². The van der Waals surface area contributed by atoms with Crippen LogP contribution in [0.15, 0.2) is 24.5 Å². The van der Waals surface area contributed by atoms with E-state index in [4.69, 9.17) is 9.97 Å². The van der Waals surface area contributed by atoms with E-state index < -0.39 is 0 Å². The lowest BCUT2D eigenvalue weighted by molar-refractivity contribution is -0.228. The summed E-state index contributed by atoms with van der Waals surface area (Å²) in [6.45, 7) is 20.0. The molecule has 1 aromatic rings. The lowest BCUT2D eigenvalue weighted by Crippen LogP contribution is -2.66. The third-order valence-electron chi connectivity index (χ3n) is 13.6. The number of hydrogen-bond donors (Lipinski definition) is 1. The minimum absolute atomic E-state index is 0.0742. The molecule has 4 fully saturated rings. The summed E-state index contributed by atoms with van der Waals surface area (Å²) in [7, 11) is 0. The van der Waals surface area contributed by atoms with Gasteiger partial charge in [-0.2, -0.15) is 0 Å². The molecule has 1 N–H and O–H groups in total. The highest BCUT2D eigenvalue weighted by Gasteiger charge is 2.70. The first kappa shape index (κ1) is 24.1. The van der Waals surface area contributed by atoms with Crippen molar-refractivity contribution in [2.24, 2.45) is 51.2 Å². The normalized spacial score (nSPS) is 49.7. The Balaban J connectivity index is 1.43. The van der Waals surface area contributed by atoms with Gasteiger partial charge in [0.1, 0.15) is 0 Å². The predicted octanol–water partition coefficient (Wildman–Crippen LogP) is 7.14. The largest absolute Gasteiger partial charge is 0.396 e. The second-order valence-electron chi connectivity index (χ2n) is 15.0. The summed E-state index contributed by atoms with van der Waals surface area (Å²) in [5.41, 5.74) is 5.02. The number of aliphatic hydroxyl groups excluding tert-OH is 1. The van der Waals surface area contributed by atoms with Crippen LogP contribution in [0.5, 0.6) is 0 Å². The molecule has 1 heterocycles. The number of fused-ring (bicyclic) bond motifs is 8. The van der Waals surface area contributed by atoms with Gasteiger partial charge in [0.2, 0.25) is 0 Å². The highest BCUT2D eigenvalue weighted by molar-refractivity contribution is 5.32. The summed E-state index contributed by atoms with van der Waals surface area (Å²) in [5, 5.41) is 10.7. The van der Waals surface area contributed by atoms with Crippen LogP contribution in [0.3, 0.4) is 0 Å². The number of nitrogens with zero attached hydrogens (tertiary/aromatic N) is 2. The Hall–Kier alpha value is -1.22. The van der Waals surface area contributed by atoms with Gasteiger partial charge in [0, 0.05) is 24.4 Å². The molecule has 1 aromatic heterocycles. The van der Waals surface area contributed by atoms with Gasteiger partial charge in [0.05, 0.1) is 11.4 Å². The molecule has 0 radical (unpaired) electrons. The molecule has 35 heavy (non-hydrogen) atoms. The molecule has 6 rings (SSSR count). The number of aromatic nitrogens is 2. The van der Waals surface area contributed by atoms with Gasteiger partial charge < -0.3 is 5.11 Å². The van der Waals surface area contributed by atoms with Crippen molar-refractivity contribution in [3.05, 3.63) is 35.9 Å². The maximum absolute atomic E-state index is 10.7. The summed E-state index contributed by atoms with van der Waals surface area (Å²) in [5.74, 6) is 3.29. The number of aliphatic hydroxyl groups is 1. The van der Waals surface area contributed by atoms with Crippen LogP contribution in [0.1, 0.15) is 104 Å². The topological polar surface area (TPSA) is 46.0 Å². The zero-order valence-electron chi connectivity index (χ0n) is 23.2. The van der Waals surface area contributed by atoms with E-state index in [2.05, 4.69) is 48.1 Å². The predicted molar refractivity (Wildman–Crippen MR) is 142 cm³/mol. The van der Waals surface area contributed by atoms with E-state index in [9.17, 15) is 5.11 Å². The van der Waals surface area contributed by atoms with Crippen LogP contribution in [-0.2, 0) is 11.8 Å². The van der Waals surface area contributed by atoms with Gasteiger partial charge >= 0.3 is 0 Å². The molecule has 0 unspecified atom stereocenters. The molecule has 9 atom stereocenters. The molecule has 0 amide bonds. The Kier molecular flexibility index (Phi) is 5.12. The fourth-order valence-corrected chi connectivity index (χ4v) is 11.9. The monoisotopic (exact) mass is 476 g/mol. The summed E-state index contributed by atoms with van der Waals surface area (Å²) in [4.78, 5) is 9.78. The summed E-state index contributed by atoms with van der Waals surface area (Å²) in [6.07, 6.45) is 15.1. The van der Waals surface area contributed by atoms with E-state index in [1.807, 2.05) is 12.4 Å². The summed E-state index contributed by atoms with van der Waals surface area (Å²) in [6, 6.07) is 0. The van der Waals surface area contributed by atoms with Crippen molar-refractivity contribution in [2.45, 2.75) is 105 Å². The van der Waals surface area contributed by atoms with Gasteiger partial charge in [-0.05, 0) is 116 Å². The highest BCUT2D eigenvalue weighted by atomic mass is 16.3. The van der Waals surface area contributed by atoms with Crippen LogP contribution in [0, 0.1) is 51.2 Å². The zero-order chi connectivity index (χ0) is 25.0. The van der Waals surface area contributed by atoms with Gasteiger partial charge in [-0.25, -0.2) is 0 Å². The van der Waals surface area contributed by atoms with E-state index >= 15 is 0 Å². The van der Waals surface area contributed by atoms with E-state index in [0.717, 1.165) is 12.3 Å². The molecule has 192 valence electrons. The molecular weight excluding hydrogens is 428 g/mol. The van der Waals surface area contributed by atoms with Gasteiger partial charge in [-0.1, -0.05) is 46.8 Å². The molecule has 0 aliphatic heterocycles. The SMILES string of the molecule is C=C(C)[C@@H]1CC[C@]2(CO)CC[C@]3(C)[C@H](CC[C@@H]4[C@@]5(C)Cc6nccnc6C(C)(C)[C@@H]5CC[C@]43C)[C@@H]12. The minimum Gasteiger partial charge on any atom is -0.396 e. The van der Waals surface area contributed by atoms with Crippen molar-refractivity contribution in [3.8, 4) is 0 Å². The van der Waals surface area contributed by atoms with Crippen LogP contribution in [-0.4, -0.2) is 21.7 Å². The molecule has 0 bridgehead atoms. The molecule has 3 heteroatoms. The number of allylic oxidation sites excluding steroid dienone is 1. The Labute approximate surface area is 213 Å². The van der Waals surface area contributed by atoms with Crippen molar-refractivity contribution in [3.63, 3.8) is 0 Å². The fourth-order valence-electron chi connectivity index (χ4n) is 11.9. The molecule has 4 saturated carbocycles. The van der Waals surface area contributed by atoms with E-state index in [0.29, 0.717) is 41.1 Å². The standard InChI is InChI=1S/C32H48N2O/c1-20(2)21-10-13-32(19-35)15-14-30(6)22(26(21)32)8-9-25-29(5)18-23-27(34-17-16-33-23)28(3,4)24(29)11-12-31(25,30)7/h16-17,21-22,24-26,35H,1,8-15,18-19H2,2-7H3/t21-,22+,24-,25+,26+,29-,30+,31+,32+/m0/s1. The number of rotatable bonds is 2. The van der Waals surface area contributed by atoms with Crippen LogP contribution < -0.4 is 0 Å². The third-order valence-corrected chi connectivity index (χ3v) is 13.6. The van der Waals surface area contributed by atoms with Gasteiger partial charge in [0.15, 0.2) is 0 Å². The van der Waals surface area contributed by atoms with Gasteiger partial charge in [-0.15, -0.1) is 0 Å². The molecule has 0 spiro atoms. The maximum atomic E-state index is 10.7. The third kappa shape index (κ3) is 2.83. The van der Waals surface area contributed by atoms with E-state index in [-0.39, 0.29) is 16.2 Å². The molecule has 5 aliphatic carbocycles. The Morgan fingerprint density at radius 1 is 0.914 bits per heavy atom. The summed E-state index contributed by atoms with van der Waals surface area (Å²) < 4.78 is 0. The Bertz CT molecular complexity index is 1050. The van der Waals surface area contributed by atoms with Crippen molar-refractivity contribution in [1.29, 1.82) is 0 Å². The first-order valence-corrected chi connectivity index (χ1v) is 14.5. The minimum atomic E-state index is 0.0742. The van der Waals surface area contributed by atoms with Crippen molar-refractivity contribution in [1.82, 2.24) is 9.97 Å². The van der Waals surface area contributed by atoms with Crippen molar-refractivity contribution >= 4 is 0 Å². The van der Waals surface area contributed by atoms with Gasteiger partial charge in [0.25, 0.3) is 0 Å². The lowest BCUT2D eigenvalue weighted by atomic mass is 9.32. The molecule has 0 saturated heterocycles. The quantitative estimate of drug-likeness (QED) is 0.461. The van der Waals surface area contributed by atoms with Crippen LogP contribution in [0.25, 0.3) is 0 Å². The van der Waals surface area contributed by atoms with Gasteiger partial charge in [-0.3, -0.25) is 9.97 Å². The smallest absolute Gasteiger partial charge is 0.0678 e. The zero-order valence-corrected chi connectivity index (χ0v) is 23.2. The Morgan fingerprint density at radius 3 is 2.37 bits per heavy atom. The lowest BCUT2D eigenvalue weighted by Gasteiger charge is -2.72. The average molecular weight is 477 g/mol. The highest BCUT2D eigenvalue weighted by Crippen LogP contribution is 2.77. The first-order valence-electron chi connectivity index (χ1n) is 14.5. The second kappa shape index (κ2) is 7.42. The van der Waals surface area contributed by atoms with Crippen LogP contribution in [0.4, 0.5) is 0 Å². The average Bonchev–Trinajstić information content (AvgIpc) is 3.20. The molecule has 3 nitrogen and oxygen atoms in total. The first-order chi connectivity index (χ1) is 16.4. The second-order valence-corrected chi connectivity index (χ2v) is 15.0. The number of hydrogen-bond acceptors (Lipinski definition) is 3. The molecular formula is C32H48N2O. The van der Waals surface area contributed by atoms with E-state index in [1.165, 1.54) is 68.3 Å². The maximum Gasteiger partial charge on any atom is 0.0678 e. The Morgan fingerprint density at radius 2 is 1.66 bits per heavy atom. The summed E-state index contributed by atoms with van der Waals surface area (Å²) >= 11 is 0. The van der Waals surface area contributed by atoms with Crippen molar-refractivity contribution < 1.29 is 5.11 Å². The van der Waals surface area contributed by atoms with E-state index in [1.54, 1.807) is 0 Å². The fraction of sp³-hybridized carbons (Fsp3) is 0.812. The van der Waals surface area contributed by atoms with Crippen LogP contribution >= 0.6 is 0 Å². The van der Waals surface area contributed by atoms with Crippen LogP contribution in [0.2, 0.25) is 0 Å².